The molecule has 0 heterocycles. The molecule has 0 atom stereocenters. The molecule has 0 fully saturated rings. The number of rotatable bonds is 6. The monoisotopic (exact) mass is 274 g/mol. The third-order valence-corrected chi connectivity index (χ3v) is 2.78. The van der Waals surface area contributed by atoms with Crippen molar-refractivity contribution in [3.63, 3.8) is 0 Å². The maximum Gasteiger partial charge on any atom is 0.224 e. The lowest BCUT2D eigenvalue weighted by atomic mass is 10.2. The van der Waals surface area contributed by atoms with Crippen molar-refractivity contribution in [2.24, 2.45) is 5.73 Å². The third kappa shape index (κ3) is 6.56. The molecule has 0 radical (unpaired) electrons. The molecule has 17 heavy (non-hydrogen) atoms. The Balaban J connectivity index is 0.00000256. The van der Waals surface area contributed by atoms with Crippen molar-refractivity contribution in [1.29, 1.82) is 0 Å². The molecule has 0 saturated heterocycles. The lowest BCUT2D eigenvalue weighted by molar-refractivity contribution is -0.116. The lowest BCUT2D eigenvalue weighted by Crippen LogP contribution is -2.13. The number of benzene rings is 1. The second-order valence-corrected chi connectivity index (χ2v) is 4.44. The van der Waals surface area contributed by atoms with Crippen LogP contribution in [-0.4, -0.2) is 18.7 Å². The third-order valence-electron chi connectivity index (χ3n) is 2.16. The highest BCUT2D eigenvalue weighted by Gasteiger charge is 2.01. The average molecular weight is 275 g/mol. The molecular weight excluding hydrogens is 256 g/mol. The van der Waals surface area contributed by atoms with Crippen LogP contribution in [0.5, 0.6) is 0 Å². The van der Waals surface area contributed by atoms with Crippen LogP contribution in [0.25, 0.3) is 0 Å². The lowest BCUT2D eigenvalue weighted by Gasteiger charge is -2.05. The first kappa shape index (κ1) is 16.3. The SMILES string of the molecule is CSCc1ccc(NC(=O)CCCN)cc1.Cl. The normalized spacial score (nSPS) is 9.53. The minimum Gasteiger partial charge on any atom is -0.330 e. The van der Waals surface area contributed by atoms with Gasteiger partial charge < -0.3 is 11.1 Å². The smallest absolute Gasteiger partial charge is 0.224 e. The highest BCUT2D eigenvalue weighted by molar-refractivity contribution is 7.97. The van der Waals surface area contributed by atoms with Crippen LogP contribution in [0.4, 0.5) is 5.69 Å². The van der Waals surface area contributed by atoms with Gasteiger partial charge in [-0.25, -0.2) is 0 Å². The molecule has 5 heteroatoms. The molecule has 1 aromatic rings. The summed E-state index contributed by atoms with van der Waals surface area (Å²) in [7, 11) is 0. The van der Waals surface area contributed by atoms with Gasteiger partial charge in [-0.1, -0.05) is 12.1 Å². The van der Waals surface area contributed by atoms with Crippen LogP contribution >= 0.6 is 24.2 Å². The minimum atomic E-state index is 0. The van der Waals surface area contributed by atoms with E-state index in [-0.39, 0.29) is 18.3 Å². The zero-order valence-electron chi connectivity index (χ0n) is 9.94. The zero-order valence-corrected chi connectivity index (χ0v) is 11.6. The average Bonchev–Trinajstić information content (AvgIpc) is 2.29. The van der Waals surface area contributed by atoms with Gasteiger partial charge in [-0.2, -0.15) is 11.8 Å². The van der Waals surface area contributed by atoms with Crippen molar-refractivity contribution < 1.29 is 4.79 Å². The number of halogens is 1. The molecule has 1 aromatic carbocycles. The Hall–Kier alpha value is -0.710. The highest BCUT2D eigenvalue weighted by atomic mass is 35.5. The molecule has 3 nitrogen and oxygen atoms in total. The van der Waals surface area contributed by atoms with Gasteiger partial charge in [-0.15, -0.1) is 12.4 Å². The van der Waals surface area contributed by atoms with E-state index in [1.165, 1.54) is 5.56 Å². The number of nitrogens with two attached hydrogens (primary N) is 1. The van der Waals surface area contributed by atoms with Crippen molar-refractivity contribution in [3.8, 4) is 0 Å². The maximum absolute atomic E-state index is 11.4. The fourth-order valence-corrected chi connectivity index (χ4v) is 1.86. The van der Waals surface area contributed by atoms with Crippen molar-refractivity contribution >= 4 is 35.8 Å². The van der Waals surface area contributed by atoms with E-state index in [0.29, 0.717) is 13.0 Å². The maximum atomic E-state index is 11.4. The number of anilines is 1. The number of hydrogen-bond acceptors (Lipinski definition) is 3. The molecule has 0 aliphatic heterocycles. The van der Waals surface area contributed by atoms with Crippen LogP contribution in [0.3, 0.4) is 0 Å². The van der Waals surface area contributed by atoms with Crippen LogP contribution in [0, 0.1) is 0 Å². The van der Waals surface area contributed by atoms with E-state index in [9.17, 15) is 4.79 Å². The van der Waals surface area contributed by atoms with E-state index < -0.39 is 0 Å². The van der Waals surface area contributed by atoms with Crippen molar-refractivity contribution in [1.82, 2.24) is 0 Å². The molecule has 96 valence electrons. The van der Waals surface area contributed by atoms with Gasteiger partial charge >= 0.3 is 0 Å². The Kier molecular flexibility index (Phi) is 8.94. The molecular formula is C12H19ClN2OS. The van der Waals surface area contributed by atoms with Crippen molar-refractivity contribution in [2.75, 3.05) is 18.1 Å². The summed E-state index contributed by atoms with van der Waals surface area (Å²) < 4.78 is 0. The Morgan fingerprint density at radius 1 is 1.35 bits per heavy atom. The second kappa shape index (κ2) is 9.33. The summed E-state index contributed by atoms with van der Waals surface area (Å²) in [5.74, 6) is 1.03. The largest absolute Gasteiger partial charge is 0.330 e. The Morgan fingerprint density at radius 3 is 2.53 bits per heavy atom. The Bertz CT molecular complexity index is 330. The van der Waals surface area contributed by atoms with E-state index in [2.05, 4.69) is 11.6 Å². The highest BCUT2D eigenvalue weighted by Crippen LogP contribution is 2.13. The van der Waals surface area contributed by atoms with E-state index in [0.717, 1.165) is 17.9 Å². The predicted octanol–water partition coefficient (Wildman–Crippen LogP) is 2.65. The first-order valence-corrected chi connectivity index (χ1v) is 6.73. The molecule has 3 N–H and O–H groups in total. The fourth-order valence-electron chi connectivity index (χ4n) is 1.34. The van der Waals surface area contributed by atoms with E-state index in [1.54, 1.807) is 11.8 Å². The van der Waals surface area contributed by atoms with Gasteiger partial charge in [0.15, 0.2) is 0 Å². The van der Waals surface area contributed by atoms with Gasteiger partial charge in [0.2, 0.25) is 5.91 Å². The van der Waals surface area contributed by atoms with Crippen LogP contribution < -0.4 is 11.1 Å². The van der Waals surface area contributed by atoms with Crippen LogP contribution in [-0.2, 0) is 10.5 Å². The molecule has 1 rings (SSSR count). The number of nitrogens with one attached hydrogen (secondary N) is 1. The molecule has 0 aliphatic rings. The van der Waals surface area contributed by atoms with Crippen molar-refractivity contribution in [2.45, 2.75) is 18.6 Å². The van der Waals surface area contributed by atoms with E-state index in [1.807, 2.05) is 24.3 Å². The number of thioether (sulfide) groups is 1. The summed E-state index contributed by atoms with van der Waals surface area (Å²) in [6, 6.07) is 7.95. The molecule has 0 saturated carbocycles. The number of carbonyl (C=O) groups is 1. The molecule has 0 unspecified atom stereocenters. The number of hydrogen-bond donors (Lipinski definition) is 2. The molecule has 0 spiro atoms. The zero-order chi connectivity index (χ0) is 11.8. The number of carbonyl (C=O) groups excluding carboxylic acids is 1. The number of amides is 1. The second-order valence-electron chi connectivity index (χ2n) is 3.57. The van der Waals surface area contributed by atoms with E-state index >= 15 is 0 Å². The van der Waals surface area contributed by atoms with Gasteiger partial charge in [0.25, 0.3) is 0 Å². The summed E-state index contributed by atoms with van der Waals surface area (Å²) in [4.78, 5) is 11.4. The molecule has 0 aliphatic carbocycles. The topological polar surface area (TPSA) is 55.1 Å². The molecule has 0 aromatic heterocycles. The van der Waals surface area contributed by atoms with Crippen LogP contribution in [0.2, 0.25) is 0 Å². The molecule has 1 amide bonds. The first-order chi connectivity index (χ1) is 7.76. The quantitative estimate of drug-likeness (QED) is 0.839. The predicted molar refractivity (Wildman–Crippen MR) is 77.8 cm³/mol. The Morgan fingerprint density at radius 2 is 2.00 bits per heavy atom. The summed E-state index contributed by atoms with van der Waals surface area (Å²) in [5.41, 5.74) is 7.47. The van der Waals surface area contributed by atoms with Gasteiger partial charge in [0.1, 0.15) is 0 Å². The van der Waals surface area contributed by atoms with Gasteiger partial charge in [-0.3, -0.25) is 4.79 Å². The summed E-state index contributed by atoms with van der Waals surface area (Å²) in [6.45, 7) is 0.556. The summed E-state index contributed by atoms with van der Waals surface area (Å²) >= 11 is 1.78. The van der Waals surface area contributed by atoms with Gasteiger partial charge in [-0.05, 0) is 36.9 Å². The van der Waals surface area contributed by atoms with Crippen LogP contribution in [0.1, 0.15) is 18.4 Å². The van der Waals surface area contributed by atoms with Crippen molar-refractivity contribution in [3.05, 3.63) is 29.8 Å². The first-order valence-electron chi connectivity index (χ1n) is 5.34. The fraction of sp³-hybridized carbons (Fsp3) is 0.417. The summed E-state index contributed by atoms with van der Waals surface area (Å²) in [5, 5.41) is 2.84. The van der Waals surface area contributed by atoms with E-state index in [4.69, 9.17) is 5.73 Å². The summed E-state index contributed by atoms with van der Waals surface area (Å²) in [6.07, 6.45) is 3.29. The standard InChI is InChI=1S/C12H18N2OS.ClH/c1-16-9-10-4-6-11(7-5-10)14-12(15)3-2-8-13;/h4-7H,2-3,8-9,13H2,1H3,(H,14,15);1H. The van der Waals surface area contributed by atoms with Gasteiger partial charge in [0, 0.05) is 17.9 Å². The van der Waals surface area contributed by atoms with Gasteiger partial charge in [0.05, 0.1) is 0 Å². The molecule has 0 bridgehead atoms. The van der Waals surface area contributed by atoms with Crippen LogP contribution in [0.15, 0.2) is 24.3 Å². The minimum absolute atomic E-state index is 0. The Labute approximate surface area is 113 Å².